The van der Waals surface area contributed by atoms with Gasteiger partial charge in [0.2, 0.25) is 0 Å². The van der Waals surface area contributed by atoms with Crippen molar-refractivity contribution in [1.29, 1.82) is 0 Å². The van der Waals surface area contributed by atoms with E-state index in [-0.39, 0.29) is 5.78 Å². The molecule has 0 aliphatic heterocycles. The van der Waals surface area contributed by atoms with Gasteiger partial charge in [-0.2, -0.15) is 0 Å². The van der Waals surface area contributed by atoms with Crippen molar-refractivity contribution in [2.24, 2.45) is 0 Å². The fraction of sp³-hybridized carbons (Fsp3) is 0.154. The molecule has 0 heterocycles. The second-order valence-electron chi connectivity index (χ2n) is 3.42. The molecule has 15 heavy (non-hydrogen) atoms. The standard InChI is InChI=1S/C13H12O2/c1-9(14)10-7-8-13(15-2)12-6-4-3-5-11(10)12/h3-8H,1-2H3. The van der Waals surface area contributed by atoms with E-state index < -0.39 is 0 Å². The van der Waals surface area contributed by atoms with Crippen molar-refractivity contribution in [3.8, 4) is 5.75 Å². The molecule has 0 N–H and O–H groups in total. The van der Waals surface area contributed by atoms with E-state index in [1.54, 1.807) is 14.0 Å². The topological polar surface area (TPSA) is 26.3 Å². The number of hydrogen-bond donors (Lipinski definition) is 0. The van der Waals surface area contributed by atoms with Crippen molar-refractivity contribution >= 4 is 16.6 Å². The highest BCUT2D eigenvalue weighted by Crippen LogP contribution is 2.28. The third kappa shape index (κ3) is 1.59. The van der Waals surface area contributed by atoms with E-state index in [0.29, 0.717) is 0 Å². The SMILES string of the molecule is COc1ccc(C(C)=O)c2ccccc12. The lowest BCUT2D eigenvalue weighted by atomic mass is 10.0. The molecule has 0 saturated carbocycles. The third-order valence-corrected chi connectivity index (χ3v) is 2.48. The first kappa shape index (κ1) is 9.71. The number of hydrogen-bond acceptors (Lipinski definition) is 2. The second-order valence-corrected chi connectivity index (χ2v) is 3.42. The van der Waals surface area contributed by atoms with Gasteiger partial charge in [0.15, 0.2) is 5.78 Å². The molecule has 0 bridgehead atoms. The summed E-state index contributed by atoms with van der Waals surface area (Å²) in [6.45, 7) is 1.58. The van der Waals surface area contributed by atoms with Gasteiger partial charge in [0.05, 0.1) is 7.11 Å². The molecule has 2 nitrogen and oxygen atoms in total. The van der Waals surface area contributed by atoms with Crippen LogP contribution in [0.1, 0.15) is 17.3 Å². The maximum Gasteiger partial charge on any atom is 0.160 e. The van der Waals surface area contributed by atoms with Crippen LogP contribution in [0.15, 0.2) is 36.4 Å². The van der Waals surface area contributed by atoms with Crippen LogP contribution in [0.4, 0.5) is 0 Å². The Kier molecular flexibility index (Phi) is 2.42. The van der Waals surface area contributed by atoms with Crippen molar-refractivity contribution < 1.29 is 9.53 Å². The Morgan fingerprint density at radius 3 is 2.33 bits per heavy atom. The molecule has 0 atom stereocenters. The average Bonchev–Trinajstić information content (AvgIpc) is 2.27. The number of benzene rings is 2. The number of methoxy groups -OCH3 is 1. The van der Waals surface area contributed by atoms with Gasteiger partial charge in [0.25, 0.3) is 0 Å². The Labute approximate surface area is 88.5 Å². The minimum Gasteiger partial charge on any atom is -0.496 e. The van der Waals surface area contributed by atoms with Crippen molar-refractivity contribution in [2.45, 2.75) is 6.92 Å². The Morgan fingerprint density at radius 1 is 1.07 bits per heavy atom. The molecule has 2 aromatic rings. The van der Waals surface area contributed by atoms with E-state index in [1.165, 1.54) is 0 Å². The average molecular weight is 200 g/mol. The summed E-state index contributed by atoms with van der Waals surface area (Å²) in [6.07, 6.45) is 0. The van der Waals surface area contributed by atoms with Crippen LogP contribution in [0.2, 0.25) is 0 Å². The highest BCUT2D eigenvalue weighted by molar-refractivity contribution is 6.08. The number of Topliss-reactive ketones (excluding diaryl/α,β-unsaturated/α-hetero) is 1. The predicted octanol–water partition coefficient (Wildman–Crippen LogP) is 3.05. The van der Waals surface area contributed by atoms with Crippen molar-refractivity contribution in [1.82, 2.24) is 0 Å². The van der Waals surface area contributed by atoms with Crippen LogP contribution >= 0.6 is 0 Å². The van der Waals surface area contributed by atoms with E-state index in [4.69, 9.17) is 4.74 Å². The molecular weight excluding hydrogens is 188 g/mol. The van der Waals surface area contributed by atoms with E-state index in [2.05, 4.69) is 0 Å². The first-order valence-corrected chi connectivity index (χ1v) is 4.80. The smallest absolute Gasteiger partial charge is 0.160 e. The number of ketones is 1. The molecule has 0 amide bonds. The summed E-state index contributed by atoms with van der Waals surface area (Å²) < 4.78 is 5.25. The lowest BCUT2D eigenvalue weighted by Crippen LogP contribution is -1.95. The van der Waals surface area contributed by atoms with Crippen LogP contribution < -0.4 is 4.74 Å². The van der Waals surface area contributed by atoms with Gasteiger partial charge in [0.1, 0.15) is 5.75 Å². The molecular formula is C13H12O2. The first-order chi connectivity index (χ1) is 7.24. The molecule has 0 radical (unpaired) electrons. The van der Waals surface area contributed by atoms with Crippen LogP contribution in [0.3, 0.4) is 0 Å². The highest BCUT2D eigenvalue weighted by Gasteiger charge is 2.08. The maximum absolute atomic E-state index is 11.4. The van der Waals surface area contributed by atoms with Crippen LogP contribution in [-0.2, 0) is 0 Å². The Balaban J connectivity index is 2.83. The van der Waals surface area contributed by atoms with Gasteiger partial charge in [-0.25, -0.2) is 0 Å². The van der Waals surface area contributed by atoms with E-state index in [0.717, 1.165) is 22.1 Å². The summed E-state index contributed by atoms with van der Waals surface area (Å²) in [5.41, 5.74) is 0.742. The van der Waals surface area contributed by atoms with Gasteiger partial charge in [-0.1, -0.05) is 24.3 Å². The first-order valence-electron chi connectivity index (χ1n) is 4.80. The Morgan fingerprint density at radius 2 is 1.73 bits per heavy atom. The molecule has 0 spiro atoms. The van der Waals surface area contributed by atoms with Gasteiger partial charge >= 0.3 is 0 Å². The molecule has 0 aromatic heterocycles. The highest BCUT2D eigenvalue weighted by atomic mass is 16.5. The third-order valence-electron chi connectivity index (χ3n) is 2.48. The molecule has 0 saturated heterocycles. The maximum atomic E-state index is 11.4. The zero-order chi connectivity index (χ0) is 10.8. The Bertz CT molecular complexity index is 515. The number of ether oxygens (including phenoxy) is 1. The Hall–Kier alpha value is -1.83. The quantitative estimate of drug-likeness (QED) is 0.696. The van der Waals surface area contributed by atoms with Gasteiger partial charge in [-0.3, -0.25) is 4.79 Å². The summed E-state index contributed by atoms with van der Waals surface area (Å²) in [4.78, 5) is 11.4. The van der Waals surface area contributed by atoms with Gasteiger partial charge in [-0.05, 0) is 24.4 Å². The fourth-order valence-electron chi connectivity index (χ4n) is 1.76. The predicted molar refractivity (Wildman–Crippen MR) is 60.5 cm³/mol. The summed E-state index contributed by atoms with van der Waals surface area (Å²) in [5.74, 6) is 0.879. The molecule has 76 valence electrons. The van der Waals surface area contributed by atoms with E-state index >= 15 is 0 Å². The molecule has 2 heteroatoms. The lowest BCUT2D eigenvalue weighted by Gasteiger charge is -2.07. The van der Waals surface area contributed by atoms with E-state index in [9.17, 15) is 4.79 Å². The minimum atomic E-state index is 0.0776. The van der Waals surface area contributed by atoms with Crippen LogP contribution in [0.5, 0.6) is 5.75 Å². The number of fused-ring (bicyclic) bond motifs is 1. The van der Waals surface area contributed by atoms with Crippen LogP contribution in [0.25, 0.3) is 10.8 Å². The monoisotopic (exact) mass is 200 g/mol. The molecule has 0 unspecified atom stereocenters. The molecule has 0 fully saturated rings. The summed E-state index contributed by atoms with van der Waals surface area (Å²) in [6, 6.07) is 11.4. The zero-order valence-corrected chi connectivity index (χ0v) is 8.78. The normalized spacial score (nSPS) is 10.3. The molecule has 2 aromatic carbocycles. The molecule has 2 rings (SSSR count). The van der Waals surface area contributed by atoms with Crippen molar-refractivity contribution in [3.05, 3.63) is 42.0 Å². The summed E-state index contributed by atoms with van der Waals surface area (Å²) in [5, 5.41) is 1.93. The van der Waals surface area contributed by atoms with Crippen molar-refractivity contribution in [2.75, 3.05) is 7.11 Å². The van der Waals surface area contributed by atoms with Gasteiger partial charge in [0, 0.05) is 10.9 Å². The second kappa shape index (κ2) is 3.73. The molecule has 0 aliphatic rings. The van der Waals surface area contributed by atoms with Crippen LogP contribution in [-0.4, -0.2) is 12.9 Å². The molecule has 0 aliphatic carbocycles. The number of carbonyl (C=O) groups is 1. The van der Waals surface area contributed by atoms with Crippen LogP contribution in [0, 0.1) is 0 Å². The minimum absolute atomic E-state index is 0.0776. The summed E-state index contributed by atoms with van der Waals surface area (Å²) >= 11 is 0. The lowest BCUT2D eigenvalue weighted by molar-refractivity contribution is 0.101. The van der Waals surface area contributed by atoms with Crippen molar-refractivity contribution in [3.63, 3.8) is 0 Å². The largest absolute Gasteiger partial charge is 0.496 e. The van der Waals surface area contributed by atoms with Gasteiger partial charge in [-0.15, -0.1) is 0 Å². The summed E-state index contributed by atoms with van der Waals surface area (Å²) in [7, 11) is 1.63. The number of rotatable bonds is 2. The zero-order valence-electron chi connectivity index (χ0n) is 8.78. The van der Waals surface area contributed by atoms with E-state index in [1.807, 2.05) is 36.4 Å². The fourth-order valence-corrected chi connectivity index (χ4v) is 1.76. The van der Waals surface area contributed by atoms with Gasteiger partial charge < -0.3 is 4.74 Å². The number of carbonyl (C=O) groups excluding carboxylic acids is 1.